The van der Waals surface area contributed by atoms with Gasteiger partial charge in [-0.15, -0.1) is 11.3 Å². The van der Waals surface area contributed by atoms with Crippen LogP contribution in [0.25, 0.3) is 0 Å². The first-order valence-electron chi connectivity index (χ1n) is 3.42. The van der Waals surface area contributed by atoms with E-state index in [1.807, 2.05) is 0 Å². The number of halogens is 6. The standard InChI is InChI=1S/C7H2BrClF4OS/c8-5-2(9)1-3(15-5)4(14)7(12,13)6(10)11/h1,6H. The average Bonchev–Trinajstić information content (AvgIpc) is 2.45. The van der Waals surface area contributed by atoms with Crippen molar-refractivity contribution >= 4 is 44.7 Å². The number of alkyl halides is 4. The van der Waals surface area contributed by atoms with Gasteiger partial charge >= 0.3 is 12.3 Å². The summed E-state index contributed by atoms with van der Waals surface area (Å²) >= 11 is 8.96. The lowest BCUT2D eigenvalue weighted by molar-refractivity contribution is -0.0956. The molecule has 1 aromatic heterocycles. The van der Waals surface area contributed by atoms with Crippen molar-refractivity contribution < 1.29 is 22.4 Å². The molecule has 0 aliphatic carbocycles. The summed E-state index contributed by atoms with van der Waals surface area (Å²) in [5.41, 5.74) is 0. The fraction of sp³-hybridized carbons (Fsp3) is 0.286. The molecule has 0 saturated heterocycles. The van der Waals surface area contributed by atoms with Crippen molar-refractivity contribution in [3.63, 3.8) is 0 Å². The number of hydrogen-bond donors (Lipinski definition) is 0. The Morgan fingerprint density at radius 1 is 1.53 bits per heavy atom. The molecule has 0 radical (unpaired) electrons. The third kappa shape index (κ3) is 2.51. The first-order valence-corrected chi connectivity index (χ1v) is 5.41. The van der Waals surface area contributed by atoms with E-state index in [2.05, 4.69) is 15.9 Å². The van der Waals surface area contributed by atoms with E-state index in [4.69, 9.17) is 11.6 Å². The molecule has 0 unspecified atom stereocenters. The SMILES string of the molecule is O=C(c1cc(Cl)c(Br)s1)C(F)(F)C(F)F. The topological polar surface area (TPSA) is 17.1 Å². The van der Waals surface area contributed by atoms with E-state index in [-0.39, 0.29) is 8.81 Å². The molecular formula is C7H2BrClF4OS. The van der Waals surface area contributed by atoms with Gasteiger partial charge in [-0.05, 0) is 22.0 Å². The molecule has 0 spiro atoms. The summed E-state index contributed by atoms with van der Waals surface area (Å²) in [4.78, 5) is 10.5. The van der Waals surface area contributed by atoms with Gasteiger partial charge < -0.3 is 0 Å². The minimum atomic E-state index is -4.67. The van der Waals surface area contributed by atoms with Gasteiger partial charge in [-0.1, -0.05) is 11.6 Å². The molecule has 1 heterocycles. The Labute approximate surface area is 99.2 Å². The molecule has 0 N–H and O–H groups in total. The zero-order valence-corrected chi connectivity index (χ0v) is 9.90. The van der Waals surface area contributed by atoms with E-state index in [0.29, 0.717) is 11.3 Å². The van der Waals surface area contributed by atoms with Crippen LogP contribution >= 0.6 is 38.9 Å². The Kier molecular flexibility index (Phi) is 3.78. The maximum absolute atomic E-state index is 12.6. The molecule has 8 heteroatoms. The Balaban J connectivity index is 3.05. The van der Waals surface area contributed by atoms with Crippen LogP contribution in [0, 0.1) is 0 Å². The van der Waals surface area contributed by atoms with Crippen molar-refractivity contribution in [1.82, 2.24) is 0 Å². The molecule has 0 amide bonds. The maximum atomic E-state index is 12.6. The Hall–Kier alpha value is -0.140. The summed E-state index contributed by atoms with van der Waals surface area (Å²) in [6, 6.07) is 0.926. The fourth-order valence-electron chi connectivity index (χ4n) is 0.722. The van der Waals surface area contributed by atoms with E-state index in [1.54, 1.807) is 0 Å². The summed E-state index contributed by atoms with van der Waals surface area (Å²) in [7, 11) is 0. The highest BCUT2D eigenvalue weighted by molar-refractivity contribution is 9.11. The summed E-state index contributed by atoms with van der Waals surface area (Å²) in [5.74, 6) is -6.59. The number of hydrogen-bond acceptors (Lipinski definition) is 2. The van der Waals surface area contributed by atoms with Crippen LogP contribution in [-0.4, -0.2) is 18.1 Å². The van der Waals surface area contributed by atoms with E-state index >= 15 is 0 Å². The number of Topliss-reactive ketones (excluding diaryl/α,β-unsaturated/α-hetero) is 1. The third-order valence-corrected chi connectivity index (χ3v) is 3.92. The number of carbonyl (C=O) groups is 1. The van der Waals surface area contributed by atoms with Crippen LogP contribution in [-0.2, 0) is 0 Å². The Bertz CT molecular complexity index is 373. The van der Waals surface area contributed by atoms with Crippen molar-refractivity contribution in [1.29, 1.82) is 0 Å². The highest BCUT2D eigenvalue weighted by atomic mass is 79.9. The molecule has 0 aliphatic heterocycles. The quantitative estimate of drug-likeness (QED) is 0.600. The lowest BCUT2D eigenvalue weighted by Gasteiger charge is -2.11. The molecule has 0 aliphatic rings. The van der Waals surface area contributed by atoms with Gasteiger partial charge in [0.2, 0.25) is 5.78 Å². The monoisotopic (exact) mass is 324 g/mol. The summed E-state index contributed by atoms with van der Waals surface area (Å²) in [6.45, 7) is 0. The minimum absolute atomic E-state index is 0.0356. The van der Waals surface area contributed by atoms with E-state index in [1.165, 1.54) is 0 Å². The Morgan fingerprint density at radius 3 is 2.40 bits per heavy atom. The van der Waals surface area contributed by atoms with Gasteiger partial charge in [0, 0.05) is 0 Å². The van der Waals surface area contributed by atoms with Gasteiger partial charge in [-0.3, -0.25) is 4.79 Å². The summed E-state index contributed by atoms with van der Waals surface area (Å²) < 4.78 is 49.2. The second-order valence-corrected chi connectivity index (χ2v) is 5.26. The molecule has 0 aromatic carbocycles. The first kappa shape index (κ1) is 12.9. The highest BCUT2D eigenvalue weighted by Gasteiger charge is 2.49. The minimum Gasteiger partial charge on any atom is -0.286 e. The van der Waals surface area contributed by atoms with Gasteiger partial charge in [-0.2, -0.15) is 8.78 Å². The predicted molar refractivity (Wildman–Crippen MR) is 52.3 cm³/mol. The van der Waals surface area contributed by atoms with Crippen LogP contribution < -0.4 is 0 Å². The molecule has 0 saturated carbocycles. The molecule has 0 bridgehead atoms. The van der Waals surface area contributed by atoms with Crippen LogP contribution in [0.5, 0.6) is 0 Å². The lowest BCUT2D eigenvalue weighted by atomic mass is 10.2. The first-order chi connectivity index (χ1) is 6.76. The fourth-order valence-corrected chi connectivity index (χ4v) is 2.40. The molecule has 0 fully saturated rings. The number of rotatable bonds is 3. The second kappa shape index (κ2) is 4.39. The molecule has 1 aromatic rings. The van der Waals surface area contributed by atoms with Crippen molar-refractivity contribution in [2.75, 3.05) is 0 Å². The average molecular weight is 326 g/mol. The van der Waals surface area contributed by atoms with Gasteiger partial charge in [0.15, 0.2) is 0 Å². The van der Waals surface area contributed by atoms with Crippen molar-refractivity contribution in [2.24, 2.45) is 0 Å². The summed E-state index contributed by atoms with van der Waals surface area (Å²) in [5, 5.41) is 0.0356. The van der Waals surface area contributed by atoms with Gasteiger partial charge in [0.25, 0.3) is 0 Å². The van der Waals surface area contributed by atoms with Gasteiger partial charge in [-0.25, -0.2) is 8.78 Å². The molecule has 15 heavy (non-hydrogen) atoms. The van der Waals surface area contributed by atoms with Crippen molar-refractivity contribution in [2.45, 2.75) is 12.3 Å². The molecule has 1 nitrogen and oxygen atoms in total. The predicted octanol–water partition coefficient (Wildman–Crippen LogP) is 4.25. The number of carbonyl (C=O) groups excluding carboxylic acids is 1. The van der Waals surface area contributed by atoms with E-state index < -0.39 is 23.0 Å². The molecule has 1 rings (SSSR count). The lowest BCUT2D eigenvalue weighted by Crippen LogP contribution is -2.36. The largest absolute Gasteiger partial charge is 0.369 e. The molecular weight excluding hydrogens is 323 g/mol. The van der Waals surface area contributed by atoms with Crippen LogP contribution in [0.4, 0.5) is 17.6 Å². The number of thiophene rings is 1. The normalized spacial score (nSPS) is 12.2. The van der Waals surface area contributed by atoms with E-state index in [9.17, 15) is 22.4 Å². The second-order valence-electron chi connectivity index (χ2n) is 2.49. The highest BCUT2D eigenvalue weighted by Crippen LogP contribution is 2.36. The third-order valence-electron chi connectivity index (χ3n) is 1.45. The van der Waals surface area contributed by atoms with Crippen LogP contribution in [0.3, 0.4) is 0 Å². The van der Waals surface area contributed by atoms with Crippen molar-refractivity contribution in [3.8, 4) is 0 Å². The zero-order chi connectivity index (χ0) is 11.8. The van der Waals surface area contributed by atoms with Crippen LogP contribution in [0.1, 0.15) is 9.67 Å². The summed E-state index contributed by atoms with van der Waals surface area (Å²) in [6.07, 6.45) is -4.02. The van der Waals surface area contributed by atoms with Gasteiger partial charge in [0.05, 0.1) is 13.7 Å². The van der Waals surface area contributed by atoms with Crippen LogP contribution in [0.2, 0.25) is 5.02 Å². The molecule has 84 valence electrons. The Morgan fingerprint density at radius 2 is 2.07 bits per heavy atom. The number of ketones is 1. The van der Waals surface area contributed by atoms with Gasteiger partial charge in [0.1, 0.15) is 0 Å². The molecule has 0 atom stereocenters. The van der Waals surface area contributed by atoms with Crippen molar-refractivity contribution in [3.05, 3.63) is 19.8 Å². The smallest absolute Gasteiger partial charge is 0.286 e. The van der Waals surface area contributed by atoms with E-state index in [0.717, 1.165) is 6.07 Å². The van der Waals surface area contributed by atoms with Crippen LogP contribution in [0.15, 0.2) is 9.85 Å². The maximum Gasteiger partial charge on any atom is 0.369 e. The zero-order valence-electron chi connectivity index (χ0n) is 6.74.